The summed E-state index contributed by atoms with van der Waals surface area (Å²) in [4.78, 5) is 77.1. The first kappa shape index (κ1) is 47.2. The van der Waals surface area contributed by atoms with Crippen LogP contribution in [0.2, 0.25) is 0 Å². The minimum atomic E-state index is -1.16. The number of cyclic esters (lactones) is 1. The molecule has 4 aliphatic rings. The number of aromatic nitrogens is 1. The van der Waals surface area contributed by atoms with Crippen LogP contribution in [0.4, 0.5) is 0 Å². The molecule has 5 atom stereocenters. The highest BCUT2D eigenvalue weighted by Gasteiger charge is 2.40. The molecule has 0 spiro atoms. The number of rotatable bonds is 10. The third kappa shape index (κ3) is 10.1. The van der Waals surface area contributed by atoms with Crippen molar-refractivity contribution < 1.29 is 38.6 Å². The van der Waals surface area contributed by atoms with Crippen molar-refractivity contribution in [2.24, 2.45) is 22.2 Å². The fourth-order valence-corrected chi connectivity index (χ4v) is 10.2. The monoisotopic (exact) mass is 891 g/mol. The number of phenolic OH excluding ortho intramolecular Hbond substituents is 1. The van der Waals surface area contributed by atoms with Crippen LogP contribution in [0.5, 0.6) is 5.75 Å². The van der Waals surface area contributed by atoms with Gasteiger partial charge in [0.15, 0.2) is 0 Å². The van der Waals surface area contributed by atoms with Crippen molar-refractivity contribution in [3.63, 3.8) is 0 Å². The van der Waals surface area contributed by atoms with Gasteiger partial charge in [0, 0.05) is 80.9 Å². The lowest BCUT2D eigenvalue weighted by Gasteiger charge is -2.37. The van der Waals surface area contributed by atoms with E-state index in [0.717, 1.165) is 45.4 Å². The van der Waals surface area contributed by atoms with E-state index in [0.29, 0.717) is 50.9 Å². The van der Waals surface area contributed by atoms with Gasteiger partial charge in [0.1, 0.15) is 23.9 Å². The number of benzene rings is 2. The number of likely N-dealkylation sites (N-methyl/N-ethyl adjacent to an activating group) is 1. The number of nitrogens with one attached hydrogen (secondary N) is 2. The molecule has 0 saturated carbocycles. The summed E-state index contributed by atoms with van der Waals surface area (Å²) in [7, 11) is 3.26. The zero-order valence-electron chi connectivity index (χ0n) is 38.9. The van der Waals surface area contributed by atoms with Crippen molar-refractivity contribution in [3.05, 3.63) is 78.1 Å². The van der Waals surface area contributed by atoms with Gasteiger partial charge in [0.25, 0.3) is 5.91 Å². The van der Waals surface area contributed by atoms with Gasteiger partial charge < -0.3 is 34.3 Å². The van der Waals surface area contributed by atoms with E-state index in [9.17, 15) is 29.1 Å². The summed E-state index contributed by atoms with van der Waals surface area (Å²) in [6.45, 7) is 15.7. The molecule has 4 aliphatic heterocycles. The second-order valence-corrected chi connectivity index (χ2v) is 19.1. The van der Waals surface area contributed by atoms with E-state index < -0.39 is 47.2 Å². The van der Waals surface area contributed by atoms with Gasteiger partial charge in [-0.15, -0.1) is 0 Å². The standard InChI is InChI=1S/C50H65N7O8/c1-9-43(59)55-20-17-33(27-55)47(61)54(7)44(30(3)4)46(60)52-40-23-31-21-34(24-35(58)22-31)32-15-16-42-37(25-32)38(45(56(42)10-2)36-13-11-18-51-41(36)28-64-8)26-50(5,6)29-65-49(63)39-14-12-19-57(53-39)48(40)62/h9,11,15-16,18,21-22,24-25,30,33,36,39-40,44,53,58H,1,10,12-14,17,19-20,23,26-29H2,2-8H3,(H,52,60)/t33-,36+,39-,40-,44-/m0/s1. The Bertz CT molecular complexity index is 2400. The molecule has 3 aromatic rings. The smallest absolute Gasteiger partial charge is 0.324 e. The maximum atomic E-state index is 14.7. The lowest BCUT2D eigenvalue weighted by molar-refractivity contribution is -0.155. The van der Waals surface area contributed by atoms with Gasteiger partial charge in [-0.25, -0.2) is 5.43 Å². The van der Waals surface area contributed by atoms with Gasteiger partial charge in [-0.3, -0.25) is 34.0 Å². The summed E-state index contributed by atoms with van der Waals surface area (Å²) < 4.78 is 14.1. The zero-order chi connectivity index (χ0) is 46.7. The third-order valence-electron chi connectivity index (χ3n) is 13.3. The summed E-state index contributed by atoms with van der Waals surface area (Å²) in [5.41, 5.74) is 9.05. The van der Waals surface area contributed by atoms with Crippen LogP contribution < -0.4 is 10.7 Å². The van der Waals surface area contributed by atoms with Crippen LogP contribution in [-0.2, 0) is 52.8 Å². The van der Waals surface area contributed by atoms with Crippen LogP contribution >= 0.6 is 0 Å². The molecule has 5 heterocycles. The summed E-state index contributed by atoms with van der Waals surface area (Å²) >= 11 is 0. The first-order valence-electron chi connectivity index (χ1n) is 22.9. The van der Waals surface area contributed by atoms with E-state index in [4.69, 9.17) is 14.5 Å². The Morgan fingerprint density at radius 2 is 1.91 bits per heavy atom. The molecule has 348 valence electrons. The summed E-state index contributed by atoms with van der Waals surface area (Å²) in [6, 6.07) is 8.61. The number of hydrazine groups is 1. The van der Waals surface area contributed by atoms with Crippen molar-refractivity contribution in [1.29, 1.82) is 0 Å². The normalized spacial score (nSPS) is 22.9. The topological polar surface area (TPSA) is 175 Å². The van der Waals surface area contributed by atoms with Gasteiger partial charge in [0.05, 0.1) is 24.8 Å². The number of hydrogen-bond donors (Lipinski definition) is 3. The van der Waals surface area contributed by atoms with Gasteiger partial charge in [-0.2, -0.15) is 0 Å². The molecular weight excluding hydrogens is 827 g/mol. The number of carbonyl (C=O) groups excluding carboxylic acids is 5. The number of fused-ring (bicyclic) bond motifs is 6. The molecule has 4 amide bonds. The first-order chi connectivity index (χ1) is 31.0. The number of likely N-dealkylation sites (tertiary alicyclic amines) is 1. The minimum Gasteiger partial charge on any atom is -0.508 e. The third-order valence-corrected chi connectivity index (χ3v) is 13.3. The van der Waals surface area contributed by atoms with Crippen LogP contribution in [0.1, 0.15) is 83.0 Å². The van der Waals surface area contributed by atoms with Crippen molar-refractivity contribution in [3.8, 4) is 16.9 Å². The largest absolute Gasteiger partial charge is 0.508 e. The Hall–Kier alpha value is -5.80. The zero-order valence-corrected chi connectivity index (χ0v) is 38.9. The van der Waals surface area contributed by atoms with E-state index in [-0.39, 0.29) is 55.5 Å². The first-order valence-corrected chi connectivity index (χ1v) is 22.9. The average Bonchev–Trinajstić information content (AvgIpc) is 3.90. The Labute approximate surface area is 381 Å². The van der Waals surface area contributed by atoms with E-state index in [1.807, 2.05) is 32.2 Å². The van der Waals surface area contributed by atoms with Gasteiger partial charge in [0.2, 0.25) is 17.7 Å². The number of aromatic hydroxyl groups is 1. The van der Waals surface area contributed by atoms with E-state index >= 15 is 0 Å². The number of amides is 4. The Kier molecular flexibility index (Phi) is 14.3. The molecule has 65 heavy (non-hydrogen) atoms. The number of ether oxygens (including phenoxy) is 2. The van der Waals surface area contributed by atoms with Crippen LogP contribution in [0.15, 0.2) is 66.3 Å². The van der Waals surface area contributed by atoms with E-state index in [2.05, 4.69) is 60.9 Å². The Morgan fingerprint density at radius 1 is 1.12 bits per heavy atom. The number of aryl methyl sites for hydroxylation is 1. The number of allylic oxidation sites excluding steroid dienone is 1. The van der Waals surface area contributed by atoms with Crippen LogP contribution in [0.25, 0.3) is 22.0 Å². The maximum absolute atomic E-state index is 14.7. The average molecular weight is 892 g/mol. The van der Waals surface area contributed by atoms with Crippen molar-refractivity contribution in [2.45, 2.75) is 104 Å². The molecule has 7 rings (SSSR count). The number of methoxy groups -OCH3 is 1. The van der Waals surface area contributed by atoms with Crippen molar-refractivity contribution in [1.82, 2.24) is 30.1 Å². The molecule has 3 N–H and O–H groups in total. The molecule has 15 nitrogen and oxygen atoms in total. The number of carbonyl (C=O) groups is 5. The van der Waals surface area contributed by atoms with Gasteiger partial charge in [-0.05, 0) is 97.5 Å². The molecule has 2 aromatic carbocycles. The summed E-state index contributed by atoms with van der Waals surface area (Å²) in [5, 5.41) is 16.7. The fraction of sp³-hybridized carbons (Fsp3) is 0.520. The molecule has 2 saturated heterocycles. The second kappa shape index (κ2) is 19.7. The van der Waals surface area contributed by atoms with E-state index in [1.54, 1.807) is 31.2 Å². The molecule has 0 unspecified atom stereocenters. The van der Waals surface area contributed by atoms with Gasteiger partial charge >= 0.3 is 5.97 Å². The van der Waals surface area contributed by atoms with E-state index in [1.165, 1.54) is 16.0 Å². The molecule has 6 bridgehead atoms. The number of hydrogen-bond acceptors (Lipinski definition) is 10. The summed E-state index contributed by atoms with van der Waals surface area (Å²) in [5.74, 6) is -2.85. The minimum absolute atomic E-state index is 0.00214. The highest BCUT2D eigenvalue weighted by atomic mass is 16.5. The van der Waals surface area contributed by atoms with Crippen molar-refractivity contribution in [2.75, 3.05) is 47.0 Å². The SMILES string of the molecule is C=CC(=O)N1CC[C@H](C(=O)N(C)[C@H](C(=O)N[C@H]2Cc3cc(O)cc(c3)-c3ccc4c(c3)c(c([C@@H]3CC=CN=C3COC)n4CC)CC(C)(C)COC(=O)[C@@H]3CCCN(N3)C2=O)C(C)C)C1. The molecule has 1 aromatic heterocycles. The number of aliphatic imine (C=N–C) groups is 1. The molecular formula is C50H65N7O8. The quantitative estimate of drug-likeness (QED) is 0.181. The fourth-order valence-electron chi connectivity index (χ4n) is 10.2. The predicted molar refractivity (Wildman–Crippen MR) is 249 cm³/mol. The molecule has 15 heteroatoms. The van der Waals surface area contributed by atoms with Crippen LogP contribution in [0.3, 0.4) is 0 Å². The lowest BCUT2D eigenvalue weighted by atomic mass is 9.82. The van der Waals surface area contributed by atoms with Gasteiger partial charge in [-0.1, -0.05) is 52.5 Å². The Balaban J connectivity index is 1.29. The predicted octanol–water partition coefficient (Wildman–Crippen LogP) is 5.29. The van der Waals surface area contributed by atoms with Crippen LogP contribution in [-0.4, -0.2) is 125 Å². The summed E-state index contributed by atoms with van der Waals surface area (Å²) in [6.07, 6.45) is 7.91. The lowest BCUT2D eigenvalue weighted by Crippen LogP contribution is -2.62. The molecule has 0 aliphatic carbocycles. The highest BCUT2D eigenvalue weighted by Crippen LogP contribution is 2.41. The number of esters is 1. The highest BCUT2D eigenvalue weighted by molar-refractivity contribution is 5.98. The number of nitrogens with zero attached hydrogens (tertiary/aromatic N) is 5. The van der Waals surface area contributed by atoms with Crippen molar-refractivity contribution >= 4 is 46.2 Å². The Morgan fingerprint density at radius 3 is 2.63 bits per heavy atom. The maximum Gasteiger partial charge on any atom is 0.324 e. The molecule has 2 fully saturated rings. The molecule has 0 radical (unpaired) electrons. The second-order valence-electron chi connectivity index (χ2n) is 19.1. The number of phenols is 1. The van der Waals surface area contributed by atoms with Crippen LogP contribution in [0, 0.1) is 17.3 Å².